The van der Waals surface area contributed by atoms with Gasteiger partial charge in [0.05, 0.1) is 5.57 Å². The van der Waals surface area contributed by atoms with Crippen molar-refractivity contribution in [1.29, 1.82) is 0 Å². The number of Topliss-reactive ketones (excluding diaryl/α,β-unsaturated/α-hetero) is 1. The van der Waals surface area contributed by atoms with E-state index >= 15 is 0 Å². The van der Waals surface area contributed by atoms with Crippen LogP contribution in [-0.4, -0.2) is 16.8 Å². The number of carbonyl (C=O) groups is 2. The van der Waals surface area contributed by atoms with E-state index in [2.05, 4.69) is 0 Å². The average molecular weight is 387 g/mol. The second-order valence-corrected chi connectivity index (χ2v) is 7.27. The molecule has 1 unspecified atom stereocenters. The summed E-state index contributed by atoms with van der Waals surface area (Å²) in [7, 11) is 0. The maximum absolute atomic E-state index is 13.1. The minimum Gasteiger partial charge on any atom is -0.507 e. The smallest absolute Gasteiger partial charge is 0.300 e. The lowest BCUT2D eigenvalue weighted by atomic mass is 9.99. The Morgan fingerprint density at radius 2 is 1.69 bits per heavy atom. The molecule has 4 rings (SSSR count). The van der Waals surface area contributed by atoms with Crippen LogP contribution in [0, 0.1) is 20.8 Å². The molecule has 0 spiro atoms. The van der Waals surface area contributed by atoms with Gasteiger partial charge < -0.3 is 9.52 Å². The number of ketones is 1. The van der Waals surface area contributed by atoms with Crippen molar-refractivity contribution in [3.05, 3.63) is 94.4 Å². The van der Waals surface area contributed by atoms with E-state index in [-0.39, 0.29) is 11.3 Å². The third-order valence-electron chi connectivity index (χ3n) is 5.13. The van der Waals surface area contributed by atoms with Gasteiger partial charge in [-0.15, -0.1) is 0 Å². The minimum absolute atomic E-state index is 0.0236. The molecule has 29 heavy (non-hydrogen) atoms. The van der Waals surface area contributed by atoms with Crippen molar-refractivity contribution in [1.82, 2.24) is 0 Å². The number of aryl methyl sites for hydroxylation is 3. The highest BCUT2D eigenvalue weighted by Gasteiger charge is 2.48. The Hall–Kier alpha value is -3.60. The van der Waals surface area contributed by atoms with Gasteiger partial charge in [0.1, 0.15) is 23.3 Å². The first-order valence-corrected chi connectivity index (χ1v) is 9.38. The van der Waals surface area contributed by atoms with Gasteiger partial charge in [0.25, 0.3) is 11.7 Å². The highest BCUT2D eigenvalue weighted by atomic mass is 16.3. The van der Waals surface area contributed by atoms with E-state index in [1.807, 2.05) is 38.1 Å². The third-order valence-corrected chi connectivity index (χ3v) is 5.13. The lowest BCUT2D eigenvalue weighted by Crippen LogP contribution is -2.30. The fourth-order valence-corrected chi connectivity index (χ4v) is 3.78. The van der Waals surface area contributed by atoms with E-state index in [1.165, 1.54) is 4.90 Å². The van der Waals surface area contributed by atoms with Crippen molar-refractivity contribution in [3.63, 3.8) is 0 Å². The van der Waals surface area contributed by atoms with Crippen molar-refractivity contribution in [2.45, 2.75) is 26.8 Å². The second-order valence-electron chi connectivity index (χ2n) is 7.27. The zero-order chi connectivity index (χ0) is 20.7. The number of carbonyl (C=O) groups excluding carboxylic acids is 2. The van der Waals surface area contributed by atoms with Crippen LogP contribution in [0.25, 0.3) is 5.76 Å². The largest absolute Gasteiger partial charge is 0.507 e. The molecule has 1 aliphatic heterocycles. The number of furan rings is 1. The zero-order valence-corrected chi connectivity index (χ0v) is 16.5. The average Bonchev–Trinajstić information content (AvgIpc) is 3.24. The molecule has 1 aliphatic rings. The fourth-order valence-electron chi connectivity index (χ4n) is 3.78. The number of aliphatic hydroxyl groups is 1. The number of amides is 1. The number of aliphatic hydroxyl groups excluding tert-OH is 1. The summed E-state index contributed by atoms with van der Waals surface area (Å²) in [6.45, 7) is 5.65. The van der Waals surface area contributed by atoms with E-state index in [4.69, 9.17) is 4.42 Å². The van der Waals surface area contributed by atoms with Gasteiger partial charge in [-0.25, -0.2) is 0 Å². The number of rotatable bonds is 3. The van der Waals surface area contributed by atoms with E-state index in [0.717, 1.165) is 11.1 Å². The molecule has 3 aromatic rings. The maximum atomic E-state index is 13.1. The van der Waals surface area contributed by atoms with Crippen LogP contribution in [-0.2, 0) is 9.59 Å². The second kappa shape index (κ2) is 7.09. The highest BCUT2D eigenvalue weighted by molar-refractivity contribution is 6.51. The molecule has 146 valence electrons. The lowest BCUT2D eigenvalue weighted by molar-refractivity contribution is -0.132. The Kier molecular flexibility index (Phi) is 4.59. The summed E-state index contributed by atoms with van der Waals surface area (Å²) in [4.78, 5) is 27.5. The quantitative estimate of drug-likeness (QED) is 0.397. The topological polar surface area (TPSA) is 70.8 Å². The van der Waals surface area contributed by atoms with E-state index in [9.17, 15) is 14.7 Å². The molecule has 2 heterocycles. The Morgan fingerprint density at radius 1 is 0.966 bits per heavy atom. The minimum atomic E-state index is -0.842. The van der Waals surface area contributed by atoms with Crippen LogP contribution >= 0.6 is 0 Å². The van der Waals surface area contributed by atoms with Gasteiger partial charge in [-0.05, 0) is 44.5 Å². The molecule has 1 aromatic heterocycles. The van der Waals surface area contributed by atoms with Crippen molar-refractivity contribution in [3.8, 4) is 0 Å². The fraction of sp³-hybridized carbons (Fsp3) is 0.167. The first-order chi connectivity index (χ1) is 13.9. The molecule has 1 N–H and O–H groups in total. The van der Waals surface area contributed by atoms with Crippen LogP contribution in [0.1, 0.15) is 34.3 Å². The lowest BCUT2D eigenvalue weighted by Gasteiger charge is -2.25. The maximum Gasteiger partial charge on any atom is 0.300 e. The highest BCUT2D eigenvalue weighted by Crippen LogP contribution is 2.43. The molecule has 1 fully saturated rings. The van der Waals surface area contributed by atoms with Crippen LogP contribution in [0.5, 0.6) is 0 Å². The Bertz CT molecular complexity index is 1140. The molecule has 1 saturated heterocycles. The predicted octanol–water partition coefficient (Wildman–Crippen LogP) is 4.83. The molecule has 0 aliphatic carbocycles. The summed E-state index contributed by atoms with van der Waals surface area (Å²) in [5.74, 6) is -0.542. The summed E-state index contributed by atoms with van der Waals surface area (Å²) in [5.41, 5.74) is 3.02. The van der Waals surface area contributed by atoms with Crippen molar-refractivity contribution in [2.24, 2.45) is 0 Å². The Morgan fingerprint density at radius 3 is 2.31 bits per heavy atom. The third kappa shape index (κ3) is 3.14. The Balaban J connectivity index is 1.96. The first kappa shape index (κ1) is 18.7. The molecule has 0 saturated carbocycles. The van der Waals surface area contributed by atoms with Gasteiger partial charge >= 0.3 is 0 Å². The molecule has 5 heteroatoms. The van der Waals surface area contributed by atoms with E-state index in [0.29, 0.717) is 22.8 Å². The number of hydrogen-bond donors (Lipinski definition) is 1. The molecular weight excluding hydrogens is 366 g/mol. The van der Waals surface area contributed by atoms with Crippen LogP contribution in [0.3, 0.4) is 0 Å². The van der Waals surface area contributed by atoms with Crippen LogP contribution in [0.4, 0.5) is 5.69 Å². The number of nitrogens with zero attached hydrogens (tertiary/aromatic N) is 1. The van der Waals surface area contributed by atoms with Crippen LogP contribution in [0.15, 0.2) is 70.7 Å². The molecule has 1 atom stereocenters. The summed E-state index contributed by atoms with van der Waals surface area (Å²) in [6.07, 6.45) is 0. The molecule has 0 radical (unpaired) electrons. The van der Waals surface area contributed by atoms with Gasteiger partial charge in [-0.1, -0.05) is 48.0 Å². The molecule has 0 bridgehead atoms. The SMILES string of the molecule is Cc1ccc(N2C(=O)C(=O)/C(=C(\O)c3ccccc3)C2c2ccc(C)o2)c(C)c1. The molecule has 2 aromatic carbocycles. The van der Waals surface area contributed by atoms with Gasteiger partial charge in [0.15, 0.2) is 0 Å². The molecule has 1 amide bonds. The zero-order valence-electron chi connectivity index (χ0n) is 16.5. The van der Waals surface area contributed by atoms with Crippen molar-refractivity contribution in [2.75, 3.05) is 4.90 Å². The van der Waals surface area contributed by atoms with Crippen molar-refractivity contribution >= 4 is 23.1 Å². The van der Waals surface area contributed by atoms with Gasteiger partial charge in [-0.3, -0.25) is 14.5 Å². The number of hydrogen-bond acceptors (Lipinski definition) is 4. The first-order valence-electron chi connectivity index (χ1n) is 9.38. The standard InChI is InChI=1S/C24H21NO4/c1-14-9-11-18(15(2)13-14)25-21(19-12-10-16(3)29-19)20(23(27)24(25)28)22(26)17-7-5-4-6-8-17/h4-13,21,26H,1-3H3/b22-20-. The number of anilines is 1. The van der Waals surface area contributed by atoms with E-state index < -0.39 is 17.7 Å². The molecular formula is C24H21NO4. The summed E-state index contributed by atoms with van der Waals surface area (Å²) in [6, 6.07) is 17.1. The Labute approximate surface area is 168 Å². The summed E-state index contributed by atoms with van der Waals surface area (Å²) < 4.78 is 5.80. The summed E-state index contributed by atoms with van der Waals surface area (Å²) in [5, 5.41) is 11.0. The van der Waals surface area contributed by atoms with Gasteiger partial charge in [0, 0.05) is 11.3 Å². The molecule has 5 nitrogen and oxygen atoms in total. The predicted molar refractivity (Wildman–Crippen MR) is 111 cm³/mol. The monoisotopic (exact) mass is 387 g/mol. The van der Waals surface area contributed by atoms with Gasteiger partial charge in [-0.2, -0.15) is 0 Å². The van der Waals surface area contributed by atoms with E-state index in [1.54, 1.807) is 43.3 Å². The van der Waals surface area contributed by atoms with Crippen molar-refractivity contribution < 1.29 is 19.1 Å². The number of benzene rings is 2. The normalized spacial score (nSPS) is 18.4. The van der Waals surface area contributed by atoms with Gasteiger partial charge in [0.2, 0.25) is 0 Å². The van der Waals surface area contributed by atoms with Crippen LogP contribution < -0.4 is 4.90 Å². The van der Waals surface area contributed by atoms with Crippen LogP contribution in [0.2, 0.25) is 0 Å². The summed E-state index contributed by atoms with van der Waals surface area (Å²) >= 11 is 0.